The van der Waals surface area contributed by atoms with Gasteiger partial charge in [-0.2, -0.15) is 0 Å². The summed E-state index contributed by atoms with van der Waals surface area (Å²) in [5, 5.41) is 0. The van der Waals surface area contributed by atoms with Crippen molar-refractivity contribution in [2.45, 2.75) is 43.7 Å². The third kappa shape index (κ3) is 3.86. The molecule has 0 amide bonds. The second-order valence-electron chi connectivity index (χ2n) is 6.16. The molecule has 3 rings (SSSR count). The smallest absolute Gasteiger partial charge is 0.240 e. The number of rotatable bonds is 6. The molecule has 0 aromatic heterocycles. The Bertz CT molecular complexity index is 815. The van der Waals surface area contributed by atoms with Gasteiger partial charge in [-0.15, -0.1) is 0 Å². The number of sulfonamides is 1. The number of aryl methyl sites for hydroxylation is 2. The number of nitrogens with one attached hydrogen (secondary N) is 1. The Labute approximate surface area is 143 Å². The number of ether oxygens (including phenoxy) is 1. The molecule has 1 N–H and O–H groups in total. The molecule has 0 heterocycles. The van der Waals surface area contributed by atoms with Crippen LogP contribution in [0.4, 0.5) is 0 Å². The summed E-state index contributed by atoms with van der Waals surface area (Å²) in [7, 11) is -1.88. The van der Waals surface area contributed by atoms with Gasteiger partial charge < -0.3 is 4.74 Å². The third-order valence-corrected chi connectivity index (χ3v) is 5.90. The largest absolute Gasteiger partial charge is 0.380 e. The molecule has 0 radical (unpaired) electrons. The van der Waals surface area contributed by atoms with Crippen LogP contribution in [-0.2, 0) is 40.8 Å². The van der Waals surface area contributed by atoms with Gasteiger partial charge in [-0.05, 0) is 60.1 Å². The van der Waals surface area contributed by atoms with E-state index >= 15 is 0 Å². The van der Waals surface area contributed by atoms with Crippen molar-refractivity contribution in [2.75, 3.05) is 7.11 Å². The maximum atomic E-state index is 12.6. The zero-order valence-corrected chi connectivity index (χ0v) is 14.7. The van der Waals surface area contributed by atoms with Crippen LogP contribution in [0.5, 0.6) is 0 Å². The molecule has 0 spiro atoms. The highest BCUT2D eigenvalue weighted by Crippen LogP contribution is 2.24. The minimum Gasteiger partial charge on any atom is -0.380 e. The fourth-order valence-electron chi connectivity index (χ4n) is 3.16. The molecule has 1 aliphatic rings. The van der Waals surface area contributed by atoms with Crippen LogP contribution in [0.1, 0.15) is 35.1 Å². The van der Waals surface area contributed by atoms with Crippen molar-refractivity contribution in [3.63, 3.8) is 0 Å². The lowest BCUT2D eigenvalue weighted by Crippen LogP contribution is -2.24. The lowest BCUT2D eigenvalue weighted by Gasteiger charge is -2.17. The predicted octanol–water partition coefficient (Wildman–Crippen LogP) is 3.19. The van der Waals surface area contributed by atoms with Crippen LogP contribution in [0.25, 0.3) is 0 Å². The van der Waals surface area contributed by atoms with Crippen molar-refractivity contribution >= 4 is 10.0 Å². The van der Waals surface area contributed by atoms with Crippen LogP contribution < -0.4 is 4.72 Å². The van der Waals surface area contributed by atoms with Crippen LogP contribution in [0.15, 0.2) is 47.4 Å². The minimum absolute atomic E-state index is 0.263. The number of benzene rings is 2. The monoisotopic (exact) mass is 345 g/mol. The zero-order chi connectivity index (χ0) is 17.0. The molecule has 0 saturated heterocycles. The molecule has 2 aromatic rings. The van der Waals surface area contributed by atoms with Gasteiger partial charge in [0.25, 0.3) is 0 Å². The molecule has 0 unspecified atom stereocenters. The average Bonchev–Trinajstić information content (AvgIpc) is 2.61. The molecule has 0 aliphatic heterocycles. The highest BCUT2D eigenvalue weighted by Gasteiger charge is 2.18. The van der Waals surface area contributed by atoms with Gasteiger partial charge in [-0.1, -0.05) is 30.3 Å². The fraction of sp³-hybridized carbons (Fsp3) is 0.368. The topological polar surface area (TPSA) is 55.4 Å². The highest BCUT2D eigenvalue weighted by atomic mass is 32.2. The summed E-state index contributed by atoms with van der Waals surface area (Å²) in [6, 6.07) is 13.2. The maximum Gasteiger partial charge on any atom is 0.240 e. The molecule has 1 aliphatic carbocycles. The Hall–Kier alpha value is -1.69. The Kier molecular flexibility index (Phi) is 5.33. The summed E-state index contributed by atoms with van der Waals surface area (Å²) in [4.78, 5) is 0.354. The molecule has 0 atom stereocenters. The molecule has 4 nitrogen and oxygen atoms in total. The Morgan fingerprint density at radius 3 is 2.46 bits per heavy atom. The van der Waals surface area contributed by atoms with Gasteiger partial charge in [0, 0.05) is 13.7 Å². The van der Waals surface area contributed by atoms with Crippen LogP contribution in [-0.4, -0.2) is 15.5 Å². The molecule has 128 valence electrons. The van der Waals surface area contributed by atoms with E-state index in [1.807, 2.05) is 36.4 Å². The first-order valence-electron chi connectivity index (χ1n) is 8.27. The second kappa shape index (κ2) is 7.47. The Balaban J connectivity index is 1.77. The van der Waals surface area contributed by atoms with Crippen molar-refractivity contribution in [3.8, 4) is 0 Å². The van der Waals surface area contributed by atoms with Gasteiger partial charge in [0.05, 0.1) is 11.5 Å². The summed E-state index contributed by atoms with van der Waals surface area (Å²) in [5.74, 6) is 0. The van der Waals surface area contributed by atoms with E-state index in [1.165, 1.54) is 17.5 Å². The van der Waals surface area contributed by atoms with E-state index in [0.29, 0.717) is 11.5 Å². The summed E-state index contributed by atoms with van der Waals surface area (Å²) >= 11 is 0. The van der Waals surface area contributed by atoms with E-state index in [4.69, 9.17) is 4.74 Å². The first-order valence-corrected chi connectivity index (χ1v) is 9.75. The summed E-state index contributed by atoms with van der Waals surface area (Å²) in [5.41, 5.74) is 4.38. The van der Waals surface area contributed by atoms with Crippen molar-refractivity contribution < 1.29 is 13.2 Å². The molecule has 0 bridgehead atoms. The SMILES string of the molecule is COCc1ccccc1CNS(=O)(=O)c1ccc2c(c1)CCCC2. The summed E-state index contributed by atoms with van der Waals surface area (Å²) in [6.45, 7) is 0.732. The number of hydrogen-bond donors (Lipinski definition) is 1. The molecule has 24 heavy (non-hydrogen) atoms. The fourth-order valence-corrected chi connectivity index (χ4v) is 4.22. The molecular weight excluding hydrogens is 322 g/mol. The van der Waals surface area contributed by atoms with E-state index in [0.717, 1.165) is 30.4 Å². The lowest BCUT2D eigenvalue weighted by atomic mass is 9.92. The molecule has 2 aromatic carbocycles. The van der Waals surface area contributed by atoms with Gasteiger partial charge >= 0.3 is 0 Å². The molecule has 5 heteroatoms. The highest BCUT2D eigenvalue weighted by molar-refractivity contribution is 7.89. The summed E-state index contributed by atoms with van der Waals surface area (Å²) in [6.07, 6.45) is 4.34. The maximum absolute atomic E-state index is 12.6. The first-order chi connectivity index (χ1) is 11.6. The number of methoxy groups -OCH3 is 1. The van der Waals surface area contributed by atoms with Crippen molar-refractivity contribution in [1.82, 2.24) is 4.72 Å². The van der Waals surface area contributed by atoms with Crippen LogP contribution in [0.2, 0.25) is 0 Å². The standard InChI is InChI=1S/C19H23NO3S/c1-23-14-18-9-5-4-8-17(18)13-20-24(21,22)19-11-10-15-6-2-3-7-16(15)12-19/h4-5,8-12,20H,2-3,6-7,13-14H2,1H3. The molecule has 0 saturated carbocycles. The third-order valence-electron chi connectivity index (χ3n) is 4.50. The quantitative estimate of drug-likeness (QED) is 0.875. The van der Waals surface area contributed by atoms with Crippen molar-refractivity contribution in [3.05, 3.63) is 64.7 Å². The van der Waals surface area contributed by atoms with Crippen LogP contribution in [0, 0.1) is 0 Å². The van der Waals surface area contributed by atoms with Crippen LogP contribution in [0.3, 0.4) is 0 Å². The van der Waals surface area contributed by atoms with Gasteiger partial charge in [0.15, 0.2) is 0 Å². The molecular formula is C19H23NO3S. The van der Waals surface area contributed by atoms with Crippen molar-refractivity contribution in [1.29, 1.82) is 0 Å². The number of hydrogen-bond acceptors (Lipinski definition) is 3. The van der Waals surface area contributed by atoms with Gasteiger partial charge in [-0.25, -0.2) is 13.1 Å². The van der Waals surface area contributed by atoms with E-state index in [1.54, 1.807) is 13.2 Å². The van der Waals surface area contributed by atoms with E-state index in [9.17, 15) is 8.42 Å². The van der Waals surface area contributed by atoms with E-state index in [-0.39, 0.29) is 6.54 Å². The lowest BCUT2D eigenvalue weighted by molar-refractivity contribution is 0.184. The average molecular weight is 345 g/mol. The Morgan fingerprint density at radius 2 is 1.71 bits per heavy atom. The van der Waals surface area contributed by atoms with Crippen LogP contribution >= 0.6 is 0 Å². The normalized spacial score (nSPS) is 14.4. The van der Waals surface area contributed by atoms with Gasteiger partial charge in [-0.3, -0.25) is 0 Å². The summed E-state index contributed by atoms with van der Waals surface area (Å²) < 4.78 is 33.1. The first kappa shape index (κ1) is 17.1. The second-order valence-corrected chi connectivity index (χ2v) is 7.93. The Morgan fingerprint density at radius 1 is 1.00 bits per heavy atom. The van der Waals surface area contributed by atoms with E-state index in [2.05, 4.69) is 4.72 Å². The van der Waals surface area contributed by atoms with Gasteiger partial charge in [0.2, 0.25) is 10.0 Å². The zero-order valence-electron chi connectivity index (χ0n) is 13.9. The molecule has 0 fully saturated rings. The minimum atomic E-state index is -3.51. The van der Waals surface area contributed by atoms with Gasteiger partial charge in [0.1, 0.15) is 0 Å². The van der Waals surface area contributed by atoms with Crippen molar-refractivity contribution in [2.24, 2.45) is 0 Å². The predicted molar refractivity (Wildman–Crippen MR) is 94.3 cm³/mol. The number of fused-ring (bicyclic) bond motifs is 1. The van der Waals surface area contributed by atoms with E-state index < -0.39 is 10.0 Å².